The first-order valence-corrected chi connectivity index (χ1v) is 7.47. The molecule has 0 heterocycles. The van der Waals surface area contributed by atoms with Crippen LogP contribution in [0.5, 0.6) is 0 Å². The van der Waals surface area contributed by atoms with Crippen LogP contribution < -0.4 is 10.6 Å². The average Bonchev–Trinajstić information content (AvgIpc) is 2.33. The fourth-order valence-electron chi connectivity index (χ4n) is 2.04. The van der Waals surface area contributed by atoms with Gasteiger partial charge in [-0.15, -0.1) is 0 Å². The summed E-state index contributed by atoms with van der Waals surface area (Å²) in [4.78, 5) is 11.9. The Hall–Kier alpha value is -0.610. The van der Waals surface area contributed by atoms with Gasteiger partial charge in [0.15, 0.2) is 0 Å². The van der Waals surface area contributed by atoms with E-state index in [1.165, 1.54) is 0 Å². The second-order valence-corrected chi connectivity index (χ2v) is 6.29. The van der Waals surface area contributed by atoms with Crippen LogP contribution >= 0.6 is 0 Å². The molecule has 114 valence electrons. The van der Waals surface area contributed by atoms with E-state index in [9.17, 15) is 4.79 Å². The lowest BCUT2D eigenvalue weighted by Gasteiger charge is -2.27. The Morgan fingerprint density at radius 2 is 1.95 bits per heavy atom. The number of carbonyl (C=O) groups is 1. The van der Waals surface area contributed by atoms with Crippen LogP contribution in [0.25, 0.3) is 0 Å². The van der Waals surface area contributed by atoms with Crippen LogP contribution in [0.3, 0.4) is 0 Å². The minimum atomic E-state index is -0.173. The minimum absolute atomic E-state index is 0.0684. The first-order chi connectivity index (χ1) is 8.82. The molecular weight excluding hydrogens is 240 g/mol. The first kappa shape index (κ1) is 18.4. The molecule has 0 aliphatic rings. The summed E-state index contributed by atoms with van der Waals surface area (Å²) in [5.74, 6) is 0.0684. The van der Waals surface area contributed by atoms with Crippen LogP contribution in [0, 0.1) is 5.41 Å². The van der Waals surface area contributed by atoms with Gasteiger partial charge in [0, 0.05) is 19.2 Å². The molecule has 0 radical (unpaired) electrons. The molecule has 0 fully saturated rings. The first-order valence-electron chi connectivity index (χ1n) is 7.47. The van der Waals surface area contributed by atoms with Crippen LogP contribution in [0.1, 0.15) is 60.3 Å². The van der Waals surface area contributed by atoms with E-state index in [-0.39, 0.29) is 30.0 Å². The highest BCUT2D eigenvalue weighted by molar-refractivity contribution is 5.81. The maximum atomic E-state index is 11.9. The second-order valence-electron chi connectivity index (χ2n) is 6.29. The number of hydrogen-bond acceptors (Lipinski definition) is 3. The Kier molecular flexibility index (Phi) is 9.02. The maximum absolute atomic E-state index is 11.9. The zero-order valence-electron chi connectivity index (χ0n) is 13.3. The summed E-state index contributed by atoms with van der Waals surface area (Å²) in [6.45, 7) is 11.4. The predicted molar refractivity (Wildman–Crippen MR) is 80.1 cm³/mol. The number of aliphatic hydroxyl groups excluding tert-OH is 1. The molecular formula is C15H32N2O2. The van der Waals surface area contributed by atoms with E-state index in [0.717, 1.165) is 32.2 Å². The van der Waals surface area contributed by atoms with Crippen molar-refractivity contribution in [3.05, 3.63) is 0 Å². The third kappa shape index (κ3) is 9.00. The van der Waals surface area contributed by atoms with Crippen molar-refractivity contribution in [2.24, 2.45) is 5.41 Å². The van der Waals surface area contributed by atoms with Gasteiger partial charge in [-0.25, -0.2) is 0 Å². The van der Waals surface area contributed by atoms with E-state index in [0.29, 0.717) is 0 Å². The largest absolute Gasteiger partial charge is 0.396 e. The van der Waals surface area contributed by atoms with E-state index < -0.39 is 0 Å². The lowest BCUT2D eigenvalue weighted by atomic mass is 9.87. The van der Waals surface area contributed by atoms with E-state index in [1.807, 2.05) is 13.8 Å². The Balaban J connectivity index is 4.01. The molecule has 0 aromatic heterocycles. The molecule has 0 rings (SSSR count). The summed E-state index contributed by atoms with van der Waals surface area (Å²) in [6, 6.07) is 0.0665. The summed E-state index contributed by atoms with van der Waals surface area (Å²) in [6.07, 6.45) is 3.86. The fraction of sp³-hybridized carbons (Fsp3) is 0.933. The van der Waals surface area contributed by atoms with Crippen molar-refractivity contribution in [1.82, 2.24) is 10.6 Å². The van der Waals surface area contributed by atoms with Crippen LogP contribution in [-0.4, -0.2) is 36.2 Å². The molecule has 0 aliphatic carbocycles. The second kappa shape index (κ2) is 9.32. The van der Waals surface area contributed by atoms with E-state index in [2.05, 4.69) is 31.4 Å². The number of aliphatic hydroxyl groups is 1. The normalized spacial score (nSPS) is 15.1. The van der Waals surface area contributed by atoms with E-state index in [4.69, 9.17) is 5.11 Å². The van der Waals surface area contributed by atoms with Gasteiger partial charge < -0.3 is 15.7 Å². The summed E-state index contributed by atoms with van der Waals surface area (Å²) in [5.41, 5.74) is 0.103. The highest BCUT2D eigenvalue weighted by atomic mass is 16.2. The maximum Gasteiger partial charge on any atom is 0.237 e. The highest BCUT2D eigenvalue weighted by Crippen LogP contribution is 2.20. The van der Waals surface area contributed by atoms with Gasteiger partial charge in [0.1, 0.15) is 0 Å². The third-order valence-electron chi connectivity index (χ3n) is 3.40. The quantitative estimate of drug-likeness (QED) is 0.570. The number of hydrogen-bond donors (Lipinski definition) is 3. The van der Waals surface area contributed by atoms with Crippen molar-refractivity contribution >= 4 is 5.91 Å². The summed E-state index contributed by atoms with van der Waals surface area (Å²) in [7, 11) is 0. The van der Waals surface area contributed by atoms with E-state index >= 15 is 0 Å². The standard InChI is InChI=1S/C15H32N2O2/c1-6-8-12(2)17-14(19)13(3)16-11-15(4,5)9-7-10-18/h12-13,16,18H,6-11H2,1-5H3,(H,17,19). The van der Waals surface area contributed by atoms with Gasteiger partial charge in [-0.1, -0.05) is 27.2 Å². The Bertz CT molecular complexity index is 255. The van der Waals surface area contributed by atoms with Crippen LogP contribution in [0.15, 0.2) is 0 Å². The van der Waals surface area contributed by atoms with Crippen molar-refractivity contribution in [3.63, 3.8) is 0 Å². The minimum Gasteiger partial charge on any atom is -0.396 e. The molecule has 0 spiro atoms. The van der Waals surface area contributed by atoms with Crippen LogP contribution in [0.2, 0.25) is 0 Å². The lowest BCUT2D eigenvalue weighted by Crippen LogP contribution is -2.47. The molecule has 0 bridgehead atoms. The summed E-state index contributed by atoms with van der Waals surface area (Å²) < 4.78 is 0. The number of nitrogens with one attached hydrogen (secondary N) is 2. The topological polar surface area (TPSA) is 61.4 Å². The van der Waals surface area contributed by atoms with Crippen LogP contribution in [0.4, 0.5) is 0 Å². The molecule has 2 atom stereocenters. The van der Waals surface area contributed by atoms with Crippen molar-refractivity contribution in [2.45, 2.75) is 72.4 Å². The van der Waals surface area contributed by atoms with Gasteiger partial charge in [0.25, 0.3) is 0 Å². The predicted octanol–water partition coefficient (Wildman–Crippen LogP) is 2.07. The molecule has 0 saturated carbocycles. The van der Waals surface area contributed by atoms with Crippen molar-refractivity contribution in [2.75, 3.05) is 13.2 Å². The third-order valence-corrected chi connectivity index (χ3v) is 3.40. The van der Waals surface area contributed by atoms with Gasteiger partial charge >= 0.3 is 0 Å². The fourth-order valence-corrected chi connectivity index (χ4v) is 2.04. The van der Waals surface area contributed by atoms with Gasteiger partial charge in [0.05, 0.1) is 6.04 Å². The molecule has 0 aliphatic heterocycles. The van der Waals surface area contributed by atoms with Gasteiger partial charge in [0.2, 0.25) is 5.91 Å². The molecule has 0 aromatic carbocycles. The molecule has 0 saturated heterocycles. The number of amides is 1. The SMILES string of the molecule is CCCC(C)NC(=O)C(C)NCC(C)(C)CCCO. The molecule has 4 nitrogen and oxygen atoms in total. The molecule has 2 unspecified atom stereocenters. The smallest absolute Gasteiger partial charge is 0.237 e. The van der Waals surface area contributed by atoms with Crippen LogP contribution in [-0.2, 0) is 4.79 Å². The average molecular weight is 272 g/mol. The van der Waals surface area contributed by atoms with Crippen molar-refractivity contribution < 1.29 is 9.90 Å². The zero-order valence-corrected chi connectivity index (χ0v) is 13.3. The highest BCUT2D eigenvalue weighted by Gasteiger charge is 2.21. The van der Waals surface area contributed by atoms with Gasteiger partial charge in [-0.2, -0.15) is 0 Å². The van der Waals surface area contributed by atoms with Gasteiger partial charge in [-0.3, -0.25) is 4.79 Å². The molecule has 3 N–H and O–H groups in total. The molecule has 0 aromatic rings. The monoisotopic (exact) mass is 272 g/mol. The summed E-state index contributed by atoms with van der Waals surface area (Å²) >= 11 is 0. The Labute approximate surface area is 118 Å². The Morgan fingerprint density at radius 1 is 1.32 bits per heavy atom. The molecule has 1 amide bonds. The lowest BCUT2D eigenvalue weighted by molar-refractivity contribution is -0.123. The van der Waals surface area contributed by atoms with Crippen molar-refractivity contribution in [3.8, 4) is 0 Å². The number of rotatable bonds is 10. The van der Waals surface area contributed by atoms with Crippen molar-refractivity contribution in [1.29, 1.82) is 0 Å². The molecule has 4 heteroatoms. The Morgan fingerprint density at radius 3 is 2.47 bits per heavy atom. The molecule has 19 heavy (non-hydrogen) atoms. The van der Waals surface area contributed by atoms with Gasteiger partial charge in [-0.05, 0) is 38.5 Å². The zero-order chi connectivity index (χ0) is 14.9. The summed E-state index contributed by atoms with van der Waals surface area (Å²) in [5, 5.41) is 15.2. The van der Waals surface area contributed by atoms with E-state index in [1.54, 1.807) is 0 Å². The number of carbonyl (C=O) groups excluding carboxylic acids is 1.